The molecule has 29 heavy (non-hydrogen) atoms. The Morgan fingerprint density at radius 2 is 1.38 bits per heavy atom. The van der Waals surface area contributed by atoms with Crippen LogP contribution in [-0.4, -0.2) is 30.4 Å². The summed E-state index contributed by atoms with van der Waals surface area (Å²) in [6.45, 7) is 0. The molecule has 0 radical (unpaired) electrons. The Balaban J connectivity index is 1.91. The third-order valence-electron chi connectivity index (χ3n) is 5.31. The number of hydrogen-bond donors (Lipinski definition) is 2. The average molecular weight is 392 g/mol. The molecule has 7 heteroatoms. The summed E-state index contributed by atoms with van der Waals surface area (Å²) in [5.41, 5.74) is 0.677. The zero-order valence-corrected chi connectivity index (χ0v) is 15.6. The highest BCUT2D eigenvalue weighted by atomic mass is 16.6. The van der Waals surface area contributed by atoms with E-state index in [-0.39, 0.29) is 34.5 Å². The van der Waals surface area contributed by atoms with Gasteiger partial charge in [-0.05, 0) is 18.2 Å². The molecule has 0 unspecified atom stereocenters. The minimum Gasteiger partial charge on any atom is -0.504 e. The number of benzene rings is 3. The number of hydrogen-bond acceptors (Lipinski definition) is 7. The van der Waals surface area contributed by atoms with E-state index >= 15 is 0 Å². The van der Waals surface area contributed by atoms with Gasteiger partial charge >= 0.3 is 5.97 Å². The van der Waals surface area contributed by atoms with Crippen LogP contribution < -0.4 is 14.2 Å². The molecule has 5 rings (SSSR count). The molecule has 2 aliphatic rings. The minimum atomic E-state index is -1.35. The van der Waals surface area contributed by atoms with Crippen LogP contribution in [0.2, 0.25) is 0 Å². The monoisotopic (exact) mass is 392 g/mol. The van der Waals surface area contributed by atoms with Gasteiger partial charge in [0.2, 0.25) is 0 Å². The lowest BCUT2D eigenvalue weighted by Gasteiger charge is -2.37. The number of fused-ring (bicyclic) bond motifs is 6. The predicted octanol–water partition coefficient (Wildman–Crippen LogP) is 3.68. The Morgan fingerprint density at radius 3 is 1.93 bits per heavy atom. The molecule has 7 nitrogen and oxygen atoms in total. The second-order valence-electron chi connectivity index (χ2n) is 6.76. The number of methoxy groups -OCH3 is 2. The van der Waals surface area contributed by atoms with Crippen molar-refractivity contribution in [3.63, 3.8) is 0 Å². The molecule has 0 amide bonds. The smallest absolute Gasteiger partial charge is 0.340 e. The first-order chi connectivity index (χ1) is 14.0. The number of phenols is 2. The second kappa shape index (κ2) is 5.81. The zero-order chi connectivity index (χ0) is 20.3. The molecule has 0 atom stereocenters. The maximum Gasteiger partial charge on any atom is 0.340 e. The third kappa shape index (κ3) is 2.15. The summed E-state index contributed by atoms with van der Waals surface area (Å²) in [6, 6.07) is 13.0. The lowest BCUT2D eigenvalue weighted by atomic mass is 9.77. The van der Waals surface area contributed by atoms with Crippen molar-refractivity contribution < 1.29 is 34.0 Å². The van der Waals surface area contributed by atoms with Gasteiger partial charge in [-0.1, -0.05) is 18.2 Å². The SMILES string of the molecule is COc1cc2c(cc1O)Oc1cc(O)c(OC)cc1C21OC(=O)c2ccccc21. The first-order valence-corrected chi connectivity index (χ1v) is 8.83. The van der Waals surface area contributed by atoms with E-state index in [2.05, 4.69) is 0 Å². The highest BCUT2D eigenvalue weighted by molar-refractivity contribution is 5.97. The van der Waals surface area contributed by atoms with Crippen LogP contribution >= 0.6 is 0 Å². The maximum absolute atomic E-state index is 12.8. The highest BCUT2D eigenvalue weighted by Gasteiger charge is 2.54. The first-order valence-electron chi connectivity index (χ1n) is 8.83. The van der Waals surface area contributed by atoms with E-state index in [0.29, 0.717) is 22.3 Å². The van der Waals surface area contributed by atoms with Crippen LogP contribution in [-0.2, 0) is 10.3 Å². The molecule has 2 N–H and O–H groups in total. The fourth-order valence-corrected chi connectivity index (χ4v) is 4.03. The van der Waals surface area contributed by atoms with Gasteiger partial charge in [0.05, 0.1) is 30.9 Å². The number of aromatic hydroxyl groups is 2. The van der Waals surface area contributed by atoms with E-state index in [0.717, 1.165) is 0 Å². The van der Waals surface area contributed by atoms with Crippen molar-refractivity contribution in [1.82, 2.24) is 0 Å². The molecule has 2 heterocycles. The molecule has 0 aliphatic carbocycles. The largest absolute Gasteiger partial charge is 0.504 e. The average Bonchev–Trinajstić information content (AvgIpc) is 3.01. The van der Waals surface area contributed by atoms with Crippen molar-refractivity contribution in [3.05, 3.63) is 70.8 Å². The maximum atomic E-state index is 12.8. The quantitative estimate of drug-likeness (QED) is 0.643. The summed E-state index contributed by atoms with van der Waals surface area (Å²) in [4.78, 5) is 12.8. The van der Waals surface area contributed by atoms with E-state index in [1.54, 1.807) is 30.3 Å². The summed E-state index contributed by atoms with van der Waals surface area (Å²) in [6.07, 6.45) is 0. The van der Waals surface area contributed by atoms with Crippen molar-refractivity contribution in [1.29, 1.82) is 0 Å². The molecule has 3 aromatic carbocycles. The zero-order valence-electron chi connectivity index (χ0n) is 15.6. The number of carbonyl (C=O) groups is 1. The molecular weight excluding hydrogens is 376 g/mol. The van der Waals surface area contributed by atoms with Gasteiger partial charge in [-0.2, -0.15) is 0 Å². The summed E-state index contributed by atoms with van der Waals surface area (Å²) >= 11 is 0. The van der Waals surface area contributed by atoms with Crippen molar-refractivity contribution in [2.24, 2.45) is 0 Å². The van der Waals surface area contributed by atoms with E-state index in [4.69, 9.17) is 18.9 Å². The van der Waals surface area contributed by atoms with Crippen LogP contribution in [0.1, 0.15) is 27.0 Å². The summed E-state index contributed by atoms with van der Waals surface area (Å²) in [5, 5.41) is 20.5. The highest BCUT2D eigenvalue weighted by Crippen LogP contribution is 2.59. The van der Waals surface area contributed by atoms with Gasteiger partial charge in [0.25, 0.3) is 0 Å². The number of rotatable bonds is 2. The minimum absolute atomic E-state index is 0.125. The Bertz CT molecular complexity index is 1120. The lowest BCUT2D eigenvalue weighted by molar-refractivity contribution is 0.0222. The van der Waals surface area contributed by atoms with E-state index < -0.39 is 11.6 Å². The van der Waals surface area contributed by atoms with Gasteiger partial charge in [-0.3, -0.25) is 0 Å². The van der Waals surface area contributed by atoms with Crippen LogP contribution in [0.4, 0.5) is 0 Å². The van der Waals surface area contributed by atoms with E-state index in [9.17, 15) is 15.0 Å². The number of esters is 1. The van der Waals surface area contributed by atoms with Crippen molar-refractivity contribution in [2.75, 3.05) is 14.2 Å². The fraction of sp³-hybridized carbons (Fsp3) is 0.136. The van der Waals surface area contributed by atoms with Gasteiger partial charge in [0.15, 0.2) is 28.6 Å². The van der Waals surface area contributed by atoms with Gasteiger partial charge in [0.1, 0.15) is 11.5 Å². The molecular formula is C22H16O7. The molecule has 0 fully saturated rings. The Kier molecular flexibility index (Phi) is 3.46. The van der Waals surface area contributed by atoms with Crippen LogP contribution in [0.3, 0.4) is 0 Å². The normalized spacial score (nSPS) is 15.0. The van der Waals surface area contributed by atoms with Gasteiger partial charge in [-0.25, -0.2) is 4.79 Å². The molecule has 0 saturated carbocycles. The molecule has 146 valence electrons. The van der Waals surface area contributed by atoms with Crippen LogP contribution in [0.25, 0.3) is 0 Å². The second-order valence-corrected chi connectivity index (χ2v) is 6.76. The van der Waals surface area contributed by atoms with Gasteiger partial charge < -0.3 is 29.2 Å². The standard InChI is InChI=1S/C22H16O7/c1-26-19-7-13-17(9-15(19)23)28-18-10-16(24)20(27-2)8-14(18)22(13)12-6-4-3-5-11(12)21(25)29-22/h3-10,23-24H,1-2H3. The Morgan fingerprint density at radius 1 is 0.828 bits per heavy atom. The fourth-order valence-electron chi connectivity index (χ4n) is 4.03. The van der Waals surface area contributed by atoms with Gasteiger partial charge in [0, 0.05) is 17.7 Å². The van der Waals surface area contributed by atoms with Crippen molar-refractivity contribution in [2.45, 2.75) is 5.60 Å². The van der Waals surface area contributed by atoms with E-state index in [1.807, 2.05) is 6.07 Å². The Hall–Kier alpha value is -3.87. The number of ether oxygens (including phenoxy) is 4. The number of carbonyl (C=O) groups excluding carboxylic acids is 1. The predicted molar refractivity (Wildman–Crippen MR) is 101 cm³/mol. The van der Waals surface area contributed by atoms with Crippen molar-refractivity contribution in [3.8, 4) is 34.5 Å². The van der Waals surface area contributed by atoms with Gasteiger partial charge in [-0.15, -0.1) is 0 Å². The van der Waals surface area contributed by atoms with Crippen molar-refractivity contribution >= 4 is 5.97 Å². The summed E-state index contributed by atoms with van der Waals surface area (Å²) in [5.74, 6) is 0.247. The van der Waals surface area contributed by atoms with Crippen LogP contribution in [0.5, 0.6) is 34.5 Å². The van der Waals surface area contributed by atoms with E-state index in [1.165, 1.54) is 26.4 Å². The third-order valence-corrected chi connectivity index (χ3v) is 5.31. The molecule has 1 spiro atoms. The number of phenolic OH excluding ortho intramolecular Hbond substituents is 2. The van der Waals surface area contributed by atoms with Crippen LogP contribution in [0.15, 0.2) is 48.5 Å². The molecule has 0 aromatic heterocycles. The molecule has 3 aromatic rings. The topological polar surface area (TPSA) is 94.5 Å². The Labute approximate surface area is 165 Å². The lowest BCUT2D eigenvalue weighted by Crippen LogP contribution is -2.33. The molecule has 0 bridgehead atoms. The van der Waals surface area contributed by atoms with Crippen LogP contribution in [0, 0.1) is 0 Å². The first kappa shape index (κ1) is 17.2. The summed E-state index contributed by atoms with van der Waals surface area (Å²) < 4.78 is 22.5. The molecule has 0 saturated heterocycles. The molecule has 2 aliphatic heterocycles. The summed E-state index contributed by atoms with van der Waals surface area (Å²) in [7, 11) is 2.86.